The lowest BCUT2D eigenvalue weighted by Gasteiger charge is -2.49. The summed E-state index contributed by atoms with van der Waals surface area (Å²) in [5, 5.41) is 50.5. The predicted molar refractivity (Wildman–Crippen MR) is 102 cm³/mol. The lowest BCUT2D eigenvalue weighted by Crippen LogP contribution is -2.52. The molecule has 0 aliphatic heterocycles. The molecule has 0 N–H and O–H groups in total. The number of methoxy groups -OCH3 is 1. The summed E-state index contributed by atoms with van der Waals surface area (Å²) in [6.07, 6.45) is 0.969. The van der Waals surface area contributed by atoms with Gasteiger partial charge in [0.25, 0.3) is 0 Å². The fourth-order valence-electron chi connectivity index (χ4n) is 4.93. The molecule has 0 bridgehead atoms. The molecule has 0 fully saturated rings. The third kappa shape index (κ3) is 2.42. The van der Waals surface area contributed by atoms with Crippen molar-refractivity contribution in [2.24, 2.45) is 16.2 Å². The molecule has 1 aromatic carbocycles. The summed E-state index contributed by atoms with van der Waals surface area (Å²) in [5.41, 5.74) is -4.30. The summed E-state index contributed by atoms with van der Waals surface area (Å²) in [4.78, 5) is 12.9. The number of carbonyl (C=O) groups excluding carboxylic acids is 1. The third-order valence-electron chi connectivity index (χ3n) is 6.34. The van der Waals surface area contributed by atoms with Gasteiger partial charge in [-0.15, -0.1) is 0 Å². The summed E-state index contributed by atoms with van der Waals surface area (Å²) in [6, 6.07) is 18.4. The van der Waals surface area contributed by atoms with E-state index in [2.05, 4.69) is 6.07 Å². The van der Waals surface area contributed by atoms with E-state index in [0.29, 0.717) is 29.6 Å². The van der Waals surface area contributed by atoms with E-state index in [0.717, 1.165) is 0 Å². The molecule has 2 atom stereocenters. The lowest BCUT2D eigenvalue weighted by molar-refractivity contribution is -0.148. The van der Waals surface area contributed by atoms with Crippen LogP contribution in [0.5, 0.6) is 0 Å². The Morgan fingerprint density at radius 3 is 2.13 bits per heavy atom. The van der Waals surface area contributed by atoms with Crippen LogP contribution in [-0.2, 0) is 9.53 Å². The summed E-state index contributed by atoms with van der Waals surface area (Å²) in [7, 11) is 1.19. The van der Waals surface area contributed by atoms with Gasteiger partial charge in [-0.25, -0.2) is 4.79 Å². The minimum Gasteiger partial charge on any atom is -0.468 e. The molecule has 0 saturated carbocycles. The molecule has 146 valence electrons. The van der Waals surface area contributed by atoms with Crippen LogP contribution < -0.4 is 0 Å². The van der Waals surface area contributed by atoms with E-state index in [1.807, 2.05) is 24.3 Å². The van der Waals surface area contributed by atoms with Crippen molar-refractivity contribution in [2.75, 3.05) is 7.11 Å². The first kappa shape index (κ1) is 20.6. The maximum absolute atomic E-state index is 12.9. The van der Waals surface area contributed by atoms with E-state index < -0.39 is 28.1 Å². The van der Waals surface area contributed by atoms with Crippen molar-refractivity contribution in [1.82, 2.24) is 0 Å². The van der Waals surface area contributed by atoms with Crippen LogP contribution in [0.4, 0.5) is 0 Å². The van der Waals surface area contributed by atoms with Crippen molar-refractivity contribution < 1.29 is 9.53 Å². The fourth-order valence-corrected chi connectivity index (χ4v) is 4.93. The SMILES string of the molecule is COC(=O)C1(C#N)CCCC2=C1C(c1ccccc1)C(C#N)(C#N)C(C#N)(C#N)C2. The smallest absolute Gasteiger partial charge is 0.330 e. The van der Waals surface area contributed by atoms with Crippen molar-refractivity contribution in [1.29, 1.82) is 26.3 Å². The first-order valence-corrected chi connectivity index (χ1v) is 9.38. The Kier molecular flexibility index (Phi) is 5.06. The third-order valence-corrected chi connectivity index (χ3v) is 6.34. The predicted octanol–water partition coefficient (Wildman–Crippen LogP) is 3.40. The van der Waals surface area contributed by atoms with Crippen LogP contribution in [0.3, 0.4) is 0 Å². The average Bonchev–Trinajstić information content (AvgIpc) is 2.81. The van der Waals surface area contributed by atoms with Gasteiger partial charge in [-0.2, -0.15) is 26.3 Å². The molecule has 30 heavy (non-hydrogen) atoms. The number of benzene rings is 1. The number of allylic oxidation sites excluding steroid dienone is 1. The molecule has 7 heteroatoms. The Bertz CT molecular complexity index is 1110. The highest BCUT2D eigenvalue weighted by molar-refractivity contribution is 5.86. The fraction of sp³-hybridized carbons (Fsp3) is 0.391. The van der Waals surface area contributed by atoms with Gasteiger partial charge in [0.05, 0.1) is 37.5 Å². The molecule has 2 aliphatic carbocycles. The van der Waals surface area contributed by atoms with Crippen LogP contribution in [0, 0.1) is 72.9 Å². The summed E-state index contributed by atoms with van der Waals surface area (Å²) >= 11 is 0. The molecule has 2 aliphatic rings. The normalized spacial score (nSPS) is 25.8. The molecule has 0 heterocycles. The average molecular weight is 395 g/mol. The lowest BCUT2D eigenvalue weighted by atomic mass is 9.46. The number of rotatable bonds is 2. The van der Waals surface area contributed by atoms with Crippen LogP contribution in [-0.4, -0.2) is 13.1 Å². The monoisotopic (exact) mass is 395 g/mol. The van der Waals surface area contributed by atoms with E-state index in [1.165, 1.54) is 7.11 Å². The number of nitriles is 5. The molecule has 0 radical (unpaired) electrons. The maximum atomic E-state index is 12.9. The molecular weight excluding hydrogens is 378 g/mol. The summed E-state index contributed by atoms with van der Waals surface area (Å²) < 4.78 is 4.97. The second-order valence-electron chi connectivity index (χ2n) is 7.56. The Labute approximate surface area is 174 Å². The highest BCUT2D eigenvalue weighted by Gasteiger charge is 2.67. The second kappa shape index (κ2) is 7.37. The zero-order valence-corrected chi connectivity index (χ0v) is 16.3. The Morgan fingerprint density at radius 1 is 1.00 bits per heavy atom. The van der Waals surface area contributed by atoms with E-state index >= 15 is 0 Å². The van der Waals surface area contributed by atoms with Crippen molar-refractivity contribution in [3.8, 4) is 30.3 Å². The highest BCUT2D eigenvalue weighted by atomic mass is 16.5. The number of ether oxygens (including phenoxy) is 1. The van der Waals surface area contributed by atoms with Gasteiger partial charge in [-0.05, 0) is 30.4 Å². The van der Waals surface area contributed by atoms with E-state index in [1.54, 1.807) is 30.3 Å². The van der Waals surface area contributed by atoms with Crippen LogP contribution in [0.15, 0.2) is 41.5 Å². The molecule has 0 spiro atoms. The molecule has 0 saturated heterocycles. The topological polar surface area (TPSA) is 145 Å². The van der Waals surface area contributed by atoms with Crippen LogP contribution >= 0.6 is 0 Å². The molecule has 1 aromatic rings. The number of esters is 1. The Hall–Kier alpha value is -4.12. The zero-order chi connectivity index (χ0) is 22.0. The number of nitrogens with zero attached hydrogens (tertiary/aromatic N) is 5. The second-order valence-corrected chi connectivity index (χ2v) is 7.56. The van der Waals surface area contributed by atoms with Gasteiger partial charge in [-0.3, -0.25) is 0 Å². The first-order valence-electron chi connectivity index (χ1n) is 9.38. The first-order chi connectivity index (χ1) is 14.5. The van der Waals surface area contributed by atoms with Crippen molar-refractivity contribution in [3.05, 3.63) is 47.0 Å². The Balaban J connectivity index is 2.51. The largest absolute Gasteiger partial charge is 0.468 e. The van der Waals surface area contributed by atoms with Crippen LogP contribution in [0.25, 0.3) is 0 Å². The summed E-state index contributed by atoms with van der Waals surface area (Å²) in [6.45, 7) is 0. The minimum absolute atomic E-state index is 0.166. The number of hydrogen-bond acceptors (Lipinski definition) is 7. The molecule has 0 amide bonds. The van der Waals surface area contributed by atoms with Gasteiger partial charge in [-0.1, -0.05) is 35.9 Å². The molecule has 0 aromatic heterocycles. The molecule has 3 rings (SSSR count). The van der Waals surface area contributed by atoms with Crippen molar-refractivity contribution in [2.45, 2.75) is 31.6 Å². The highest BCUT2D eigenvalue weighted by Crippen LogP contribution is 2.64. The Morgan fingerprint density at radius 2 is 1.63 bits per heavy atom. The molecular formula is C23H17N5O2. The maximum Gasteiger partial charge on any atom is 0.330 e. The van der Waals surface area contributed by atoms with Gasteiger partial charge in [0.2, 0.25) is 0 Å². The van der Waals surface area contributed by atoms with Gasteiger partial charge in [0.1, 0.15) is 0 Å². The van der Waals surface area contributed by atoms with Crippen molar-refractivity contribution in [3.63, 3.8) is 0 Å². The van der Waals surface area contributed by atoms with Gasteiger partial charge in [0.15, 0.2) is 16.2 Å². The van der Waals surface area contributed by atoms with E-state index in [9.17, 15) is 31.1 Å². The molecule has 7 nitrogen and oxygen atoms in total. The number of hydrogen-bond donors (Lipinski definition) is 0. The minimum atomic E-state index is -2.11. The molecule has 2 unspecified atom stereocenters. The van der Waals surface area contributed by atoms with Gasteiger partial charge >= 0.3 is 5.97 Å². The zero-order valence-electron chi connectivity index (χ0n) is 16.3. The summed E-state index contributed by atoms with van der Waals surface area (Å²) in [5.74, 6) is -1.86. The van der Waals surface area contributed by atoms with Gasteiger partial charge in [0, 0.05) is 12.3 Å². The van der Waals surface area contributed by atoms with Crippen molar-refractivity contribution >= 4 is 5.97 Å². The number of carbonyl (C=O) groups is 1. The van der Waals surface area contributed by atoms with Crippen LogP contribution in [0.2, 0.25) is 0 Å². The van der Waals surface area contributed by atoms with Gasteiger partial charge < -0.3 is 4.74 Å². The quantitative estimate of drug-likeness (QED) is 0.551. The van der Waals surface area contributed by atoms with E-state index in [-0.39, 0.29) is 12.8 Å². The van der Waals surface area contributed by atoms with E-state index in [4.69, 9.17) is 4.74 Å². The van der Waals surface area contributed by atoms with Crippen LogP contribution in [0.1, 0.15) is 37.2 Å². The standard InChI is InChI=1S/C23H17N5O2/c1-30-20(29)22(13-26)9-5-8-17-10-21(11-24,12-25)23(14-27,15-28)19(18(17)22)16-6-3-2-4-7-16/h2-4,6-7,19H,5,8-10H2,1H3.